The van der Waals surface area contributed by atoms with Crippen molar-refractivity contribution in [2.45, 2.75) is 18.8 Å². The van der Waals surface area contributed by atoms with Gasteiger partial charge in [-0.15, -0.1) is 0 Å². The maximum atomic E-state index is 12.4. The molecule has 12 heavy (non-hydrogen) atoms. The number of aliphatic hydroxyl groups excluding tert-OH is 1. The summed E-state index contributed by atoms with van der Waals surface area (Å²) in [5, 5.41) is 7.00. The summed E-state index contributed by atoms with van der Waals surface area (Å²) in [5.74, 6) is 0.602. The Morgan fingerprint density at radius 2 is 1.67 bits per heavy atom. The third-order valence-electron chi connectivity index (χ3n) is 1.92. The Balaban J connectivity index is 0.000000336. The van der Waals surface area contributed by atoms with Crippen molar-refractivity contribution in [3.05, 3.63) is 35.6 Å². The monoisotopic (exact) mass is 168 g/mol. The molecule has 1 N–H and O–H groups in total. The molecule has 1 aliphatic carbocycles. The van der Waals surface area contributed by atoms with Crippen LogP contribution in [-0.4, -0.2) is 12.2 Å². The van der Waals surface area contributed by atoms with E-state index in [-0.39, 0.29) is 5.82 Å². The van der Waals surface area contributed by atoms with Crippen LogP contribution in [0.15, 0.2) is 24.3 Å². The maximum Gasteiger partial charge on any atom is 0.123 e. The molecule has 66 valence electrons. The van der Waals surface area contributed by atoms with Gasteiger partial charge in [0.05, 0.1) is 0 Å². The number of halogens is 1. The molecule has 0 heterocycles. The maximum absolute atomic E-state index is 12.4. The molecule has 0 bridgehead atoms. The van der Waals surface area contributed by atoms with E-state index in [1.165, 1.54) is 30.5 Å². The predicted molar refractivity (Wildman–Crippen MR) is 46.5 cm³/mol. The van der Waals surface area contributed by atoms with E-state index in [2.05, 4.69) is 0 Å². The highest BCUT2D eigenvalue weighted by Gasteiger charge is 2.22. The second-order valence-electron chi connectivity index (χ2n) is 2.83. The van der Waals surface area contributed by atoms with E-state index in [9.17, 15) is 4.39 Å². The van der Waals surface area contributed by atoms with Gasteiger partial charge >= 0.3 is 0 Å². The van der Waals surface area contributed by atoms with Crippen molar-refractivity contribution in [1.29, 1.82) is 0 Å². The van der Waals surface area contributed by atoms with Crippen molar-refractivity contribution in [1.82, 2.24) is 0 Å². The van der Waals surface area contributed by atoms with Crippen molar-refractivity contribution >= 4 is 0 Å². The predicted octanol–water partition coefficient (Wildman–Crippen LogP) is 2.31. The van der Waals surface area contributed by atoms with Gasteiger partial charge in [0.2, 0.25) is 0 Å². The molecule has 1 fully saturated rings. The number of rotatable bonds is 1. The molecule has 0 unspecified atom stereocenters. The molecular formula is C10H13FO. The van der Waals surface area contributed by atoms with E-state index < -0.39 is 0 Å². The number of aliphatic hydroxyl groups is 1. The fourth-order valence-electron chi connectivity index (χ4n) is 1.15. The van der Waals surface area contributed by atoms with Crippen LogP contribution in [0, 0.1) is 5.82 Å². The standard InChI is InChI=1S/C9H9F.CH4O/c10-9-5-3-8(4-6-9)7-1-2-7;1-2/h3-7H,1-2H2;2H,1H3. The molecule has 1 nitrogen and oxygen atoms in total. The van der Waals surface area contributed by atoms with Crippen LogP contribution < -0.4 is 0 Å². The Bertz CT molecular complexity index is 226. The molecule has 1 aliphatic rings. The smallest absolute Gasteiger partial charge is 0.123 e. The highest BCUT2D eigenvalue weighted by Crippen LogP contribution is 2.39. The molecule has 0 aliphatic heterocycles. The Morgan fingerprint density at radius 1 is 1.17 bits per heavy atom. The molecule has 0 saturated heterocycles. The summed E-state index contributed by atoms with van der Waals surface area (Å²) in [6.07, 6.45) is 2.57. The summed E-state index contributed by atoms with van der Waals surface area (Å²) in [4.78, 5) is 0. The molecule has 0 spiro atoms. The normalized spacial score (nSPS) is 14.9. The van der Waals surface area contributed by atoms with Gasteiger partial charge in [0.1, 0.15) is 5.82 Å². The molecular weight excluding hydrogens is 155 g/mol. The topological polar surface area (TPSA) is 20.2 Å². The van der Waals surface area contributed by atoms with E-state index >= 15 is 0 Å². The Kier molecular flexibility index (Phi) is 3.23. The van der Waals surface area contributed by atoms with Gasteiger partial charge in [-0.25, -0.2) is 4.39 Å². The minimum atomic E-state index is -0.135. The van der Waals surface area contributed by atoms with Gasteiger partial charge in [0, 0.05) is 7.11 Å². The Hall–Kier alpha value is -0.890. The van der Waals surface area contributed by atoms with Crippen LogP contribution >= 0.6 is 0 Å². The van der Waals surface area contributed by atoms with Gasteiger partial charge < -0.3 is 5.11 Å². The molecule has 0 atom stereocenters. The largest absolute Gasteiger partial charge is 0.400 e. The van der Waals surface area contributed by atoms with Gasteiger partial charge in [-0.3, -0.25) is 0 Å². The van der Waals surface area contributed by atoms with Crippen LogP contribution in [0.2, 0.25) is 0 Å². The van der Waals surface area contributed by atoms with E-state index in [0.717, 1.165) is 13.0 Å². The Morgan fingerprint density at radius 3 is 2.08 bits per heavy atom. The second kappa shape index (κ2) is 4.21. The van der Waals surface area contributed by atoms with Crippen molar-refractivity contribution < 1.29 is 9.50 Å². The minimum Gasteiger partial charge on any atom is -0.400 e. The average molecular weight is 168 g/mol. The molecule has 0 aromatic heterocycles. The van der Waals surface area contributed by atoms with Crippen LogP contribution in [0.25, 0.3) is 0 Å². The zero-order valence-electron chi connectivity index (χ0n) is 7.13. The first kappa shape index (κ1) is 9.20. The van der Waals surface area contributed by atoms with Crippen LogP contribution in [0.4, 0.5) is 4.39 Å². The number of hydrogen-bond donors (Lipinski definition) is 1. The lowest BCUT2D eigenvalue weighted by Gasteiger charge is -1.94. The fourth-order valence-corrected chi connectivity index (χ4v) is 1.15. The molecule has 0 radical (unpaired) electrons. The summed E-state index contributed by atoms with van der Waals surface area (Å²) < 4.78 is 12.4. The minimum absolute atomic E-state index is 0.135. The average Bonchev–Trinajstić information content (AvgIpc) is 2.93. The quantitative estimate of drug-likeness (QED) is 0.682. The van der Waals surface area contributed by atoms with Gasteiger partial charge in [0.15, 0.2) is 0 Å². The third-order valence-corrected chi connectivity index (χ3v) is 1.92. The van der Waals surface area contributed by atoms with Crippen LogP contribution in [0.1, 0.15) is 24.3 Å². The lowest BCUT2D eigenvalue weighted by atomic mass is 10.1. The lowest BCUT2D eigenvalue weighted by Crippen LogP contribution is -1.78. The van der Waals surface area contributed by atoms with Gasteiger partial charge in [-0.2, -0.15) is 0 Å². The van der Waals surface area contributed by atoms with Crippen molar-refractivity contribution in [2.24, 2.45) is 0 Å². The van der Waals surface area contributed by atoms with Crippen molar-refractivity contribution in [3.63, 3.8) is 0 Å². The highest BCUT2D eigenvalue weighted by atomic mass is 19.1. The van der Waals surface area contributed by atoms with Crippen LogP contribution in [0.3, 0.4) is 0 Å². The fraction of sp³-hybridized carbons (Fsp3) is 0.400. The van der Waals surface area contributed by atoms with E-state index in [0.29, 0.717) is 0 Å². The number of benzene rings is 1. The van der Waals surface area contributed by atoms with Gasteiger partial charge in [0.25, 0.3) is 0 Å². The molecule has 1 aromatic rings. The van der Waals surface area contributed by atoms with Crippen LogP contribution in [-0.2, 0) is 0 Å². The molecule has 1 aromatic carbocycles. The van der Waals surface area contributed by atoms with E-state index in [1.807, 2.05) is 12.1 Å². The number of hydrogen-bond acceptors (Lipinski definition) is 1. The zero-order valence-corrected chi connectivity index (χ0v) is 7.13. The summed E-state index contributed by atoms with van der Waals surface area (Å²) in [6, 6.07) is 6.83. The van der Waals surface area contributed by atoms with Crippen molar-refractivity contribution in [2.75, 3.05) is 7.11 Å². The van der Waals surface area contributed by atoms with Crippen molar-refractivity contribution in [3.8, 4) is 0 Å². The van der Waals surface area contributed by atoms with E-state index in [1.54, 1.807) is 0 Å². The summed E-state index contributed by atoms with van der Waals surface area (Å²) in [7, 11) is 1.00. The molecule has 1 saturated carbocycles. The lowest BCUT2D eigenvalue weighted by molar-refractivity contribution is 0.399. The van der Waals surface area contributed by atoms with Crippen LogP contribution in [0.5, 0.6) is 0 Å². The third kappa shape index (κ3) is 2.31. The zero-order chi connectivity index (χ0) is 8.97. The molecule has 0 amide bonds. The summed E-state index contributed by atoms with van der Waals surface area (Å²) >= 11 is 0. The van der Waals surface area contributed by atoms with E-state index in [4.69, 9.17) is 5.11 Å². The molecule has 2 heteroatoms. The first-order valence-corrected chi connectivity index (χ1v) is 4.06. The molecule has 2 rings (SSSR count). The summed E-state index contributed by atoms with van der Waals surface area (Å²) in [5.41, 5.74) is 1.29. The Labute approximate surface area is 71.9 Å². The first-order chi connectivity index (χ1) is 5.86. The second-order valence-corrected chi connectivity index (χ2v) is 2.83. The summed E-state index contributed by atoms with van der Waals surface area (Å²) in [6.45, 7) is 0. The highest BCUT2D eigenvalue weighted by molar-refractivity contribution is 5.23. The first-order valence-electron chi connectivity index (χ1n) is 4.06. The SMILES string of the molecule is CO.Fc1ccc(C2CC2)cc1. The van der Waals surface area contributed by atoms with Gasteiger partial charge in [-0.1, -0.05) is 12.1 Å². The van der Waals surface area contributed by atoms with Gasteiger partial charge in [-0.05, 0) is 36.5 Å².